The number of methoxy groups -OCH3 is 1. The summed E-state index contributed by atoms with van der Waals surface area (Å²) >= 11 is 3.47. The first kappa shape index (κ1) is 16.9. The van der Waals surface area contributed by atoms with E-state index in [-0.39, 0.29) is 5.41 Å². The molecule has 0 saturated carbocycles. The predicted molar refractivity (Wildman–Crippen MR) is 83.7 cm³/mol. The summed E-state index contributed by atoms with van der Waals surface area (Å²) < 4.78 is 11.9. The molecule has 108 valence electrons. The zero-order chi connectivity index (χ0) is 14.8. The van der Waals surface area contributed by atoms with Crippen LogP contribution in [-0.4, -0.2) is 21.3 Å². The van der Waals surface area contributed by atoms with Crippen molar-refractivity contribution < 1.29 is 14.3 Å². The van der Waals surface area contributed by atoms with E-state index in [0.717, 1.165) is 10.0 Å². The lowest BCUT2D eigenvalue weighted by molar-refractivity contribution is -0.323. The summed E-state index contributed by atoms with van der Waals surface area (Å²) in [6, 6.07) is 5.75. The number of ether oxygens (including phenoxy) is 1. The van der Waals surface area contributed by atoms with Crippen LogP contribution in [-0.2, 0) is 20.6 Å². The van der Waals surface area contributed by atoms with Crippen molar-refractivity contribution in [1.82, 2.24) is 0 Å². The standard InChI is InChI=1S/C14H23BrO3Si/c1-13(2,3)12-9-10(15)7-8-11(12)14(16,17-4)18-19(5)6/h7-9,16,19H,1-6H3/t14-/m0/s1. The van der Waals surface area contributed by atoms with Crippen LogP contribution in [0.1, 0.15) is 31.9 Å². The molecule has 0 fully saturated rings. The van der Waals surface area contributed by atoms with Gasteiger partial charge in [0.15, 0.2) is 9.04 Å². The van der Waals surface area contributed by atoms with Gasteiger partial charge in [0.1, 0.15) is 0 Å². The first-order valence-corrected chi connectivity index (χ1v) is 9.93. The van der Waals surface area contributed by atoms with Crippen LogP contribution in [0.25, 0.3) is 0 Å². The first-order valence-electron chi connectivity index (χ1n) is 6.36. The van der Waals surface area contributed by atoms with Crippen LogP contribution in [0.15, 0.2) is 22.7 Å². The molecule has 0 heterocycles. The highest BCUT2D eigenvalue weighted by molar-refractivity contribution is 9.10. The van der Waals surface area contributed by atoms with Crippen LogP contribution < -0.4 is 0 Å². The Kier molecular flexibility index (Phi) is 5.37. The Hall–Kier alpha value is -0.203. The minimum absolute atomic E-state index is 0.118. The van der Waals surface area contributed by atoms with Crippen LogP contribution in [0, 0.1) is 0 Å². The second-order valence-corrected chi connectivity index (χ2v) is 9.14. The van der Waals surface area contributed by atoms with Gasteiger partial charge in [-0.05, 0) is 42.3 Å². The molecule has 5 heteroatoms. The van der Waals surface area contributed by atoms with Gasteiger partial charge in [-0.1, -0.05) is 36.7 Å². The minimum atomic E-state index is -1.66. The molecule has 0 amide bonds. The Morgan fingerprint density at radius 3 is 2.16 bits per heavy atom. The fourth-order valence-electron chi connectivity index (χ4n) is 1.95. The first-order chi connectivity index (χ1) is 8.60. The molecule has 19 heavy (non-hydrogen) atoms. The third kappa shape index (κ3) is 4.13. The van der Waals surface area contributed by atoms with Crippen LogP contribution in [0.4, 0.5) is 0 Å². The Morgan fingerprint density at radius 1 is 1.16 bits per heavy atom. The average molecular weight is 347 g/mol. The summed E-state index contributed by atoms with van der Waals surface area (Å²) in [5.74, 6) is -1.66. The van der Waals surface area contributed by atoms with E-state index >= 15 is 0 Å². The number of hydrogen-bond donors (Lipinski definition) is 1. The van der Waals surface area contributed by atoms with Crippen molar-refractivity contribution in [3.05, 3.63) is 33.8 Å². The molecule has 1 rings (SSSR count). The molecular formula is C14H23BrO3Si. The smallest absolute Gasteiger partial charge is 0.299 e. The average Bonchev–Trinajstić information content (AvgIpc) is 2.26. The van der Waals surface area contributed by atoms with Gasteiger partial charge in [-0.2, -0.15) is 0 Å². The second-order valence-electron chi connectivity index (χ2n) is 5.89. The van der Waals surface area contributed by atoms with Gasteiger partial charge in [-0.25, -0.2) is 0 Å². The number of benzene rings is 1. The van der Waals surface area contributed by atoms with Gasteiger partial charge in [0.2, 0.25) is 0 Å². The number of aliphatic hydroxyl groups is 1. The van der Waals surface area contributed by atoms with E-state index in [9.17, 15) is 5.11 Å². The van der Waals surface area contributed by atoms with Gasteiger partial charge in [0, 0.05) is 17.1 Å². The molecule has 0 aliphatic rings. The fraction of sp³-hybridized carbons (Fsp3) is 0.571. The minimum Gasteiger partial charge on any atom is -0.369 e. The molecule has 1 N–H and O–H groups in total. The third-order valence-corrected chi connectivity index (χ3v) is 4.09. The van der Waals surface area contributed by atoms with Crippen molar-refractivity contribution in [3.63, 3.8) is 0 Å². The zero-order valence-electron chi connectivity index (χ0n) is 12.5. The topological polar surface area (TPSA) is 38.7 Å². The summed E-state index contributed by atoms with van der Waals surface area (Å²) in [6.45, 7) is 10.3. The molecule has 3 nitrogen and oxygen atoms in total. The Bertz CT molecular complexity index is 443. The SMILES string of the molecule is CO[C@](O)(O[SiH](C)C)c1ccc(Br)cc1C(C)(C)C. The van der Waals surface area contributed by atoms with Crippen molar-refractivity contribution in [1.29, 1.82) is 0 Å². The van der Waals surface area contributed by atoms with E-state index in [1.807, 2.05) is 31.3 Å². The molecular weight excluding hydrogens is 324 g/mol. The highest BCUT2D eigenvalue weighted by atomic mass is 79.9. The summed E-state index contributed by atoms with van der Waals surface area (Å²) in [5, 5.41) is 10.7. The van der Waals surface area contributed by atoms with Crippen LogP contribution in [0.3, 0.4) is 0 Å². The third-order valence-electron chi connectivity index (χ3n) is 2.80. The van der Waals surface area contributed by atoms with Gasteiger partial charge in [-0.3, -0.25) is 0 Å². The summed E-state index contributed by atoms with van der Waals surface area (Å²) in [4.78, 5) is 0. The molecule has 1 aromatic carbocycles. The lowest BCUT2D eigenvalue weighted by Gasteiger charge is -2.34. The zero-order valence-corrected chi connectivity index (χ0v) is 15.2. The highest BCUT2D eigenvalue weighted by Gasteiger charge is 2.36. The maximum Gasteiger partial charge on any atom is 0.299 e. The molecule has 0 aromatic heterocycles. The quantitative estimate of drug-likeness (QED) is 0.669. The van der Waals surface area contributed by atoms with Gasteiger partial charge in [0.25, 0.3) is 5.97 Å². The maximum absolute atomic E-state index is 10.7. The number of hydrogen-bond acceptors (Lipinski definition) is 3. The van der Waals surface area contributed by atoms with Crippen LogP contribution in [0.2, 0.25) is 13.1 Å². The van der Waals surface area contributed by atoms with Crippen molar-refractivity contribution in [2.24, 2.45) is 0 Å². The molecule has 0 unspecified atom stereocenters. The van der Waals surface area contributed by atoms with E-state index in [2.05, 4.69) is 36.7 Å². The lowest BCUT2D eigenvalue weighted by Crippen LogP contribution is -2.38. The van der Waals surface area contributed by atoms with Gasteiger partial charge in [0.05, 0.1) is 0 Å². The number of halogens is 1. The van der Waals surface area contributed by atoms with Crippen molar-refractivity contribution in [3.8, 4) is 0 Å². The van der Waals surface area contributed by atoms with E-state index in [1.165, 1.54) is 7.11 Å². The molecule has 0 aliphatic heterocycles. The molecule has 0 bridgehead atoms. The number of rotatable bonds is 4. The predicted octanol–water partition coefficient (Wildman–Crippen LogP) is 3.50. The summed E-state index contributed by atoms with van der Waals surface area (Å²) in [6.07, 6.45) is 0. The molecule has 1 aromatic rings. The van der Waals surface area contributed by atoms with Crippen LogP contribution in [0.5, 0.6) is 0 Å². The molecule has 1 atom stereocenters. The summed E-state index contributed by atoms with van der Waals surface area (Å²) in [7, 11) is 0.00698. The van der Waals surface area contributed by atoms with Crippen LogP contribution >= 0.6 is 15.9 Å². The molecule has 0 spiro atoms. The second kappa shape index (κ2) is 6.05. The highest BCUT2D eigenvalue weighted by Crippen LogP contribution is 2.36. The molecule has 0 saturated heterocycles. The fourth-order valence-corrected chi connectivity index (χ4v) is 3.18. The van der Waals surface area contributed by atoms with E-state index in [4.69, 9.17) is 9.16 Å². The van der Waals surface area contributed by atoms with Crippen molar-refractivity contribution in [2.75, 3.05) is 7.11 Å². The van der Waals surface area contributed by atoms with Gasteiger partial charge in [-0.15, -0.1) is 0 Å². The van der Waals surface area contributed by atoms with Crippen molar-refractivity contribution in [2.45, 2.75) is 45.3 Å². The van der Waals surface area contributed by atoms with E-state index < -0.39 is 15.0 Å². The molecule has 0 radical (unpaired) electrons. The van der Waals surface area contributed by atoms with E-state index in [0.29, 0.717) is 5.56 Å². The van der Waals surface area contributed by atoms with Gasteiger partial charge >= 0.3 is 0 Å². The summed E-state index contributed by atoms with van der Waals surface area (Å²) in [5.41, 5.74) is 1.56. The normalized spacial score (nSPS) is 15.6. The lowest BCUT2D eigenvalue weighted by atomic mass is 9.83. The Labute approximate surface area is 125 Å². The Morgan fingerprint density at radius 2 is 1.74 bits per heavy atom. The largest absolute Gasteiger partial charge is 0.369 e. The monoisotopic (exact) mass is 346 g/mol. The van der Waals surface area contributed by atoms with Gasteiger partial charge < -0.3 is 14.3 Å². The van der Waals surface area contributed by atoms with E-state index in [1.54, 1.807) is 0 Å². The van der Waals surface area contributed by atoms with Crippen molar-refractivity contribution >= 4 is 25.0 Å². The Balaban J connectivity index is 3.39. The molecule has 0 aliphatic carbocycles. The maximum atomic E-state index is 10.7.